The number of hydrazine groups is 1. The number of hydrogen-bond donors (Lipinski definition) is 3. The molecule has 106 valence electrons. The van der Waals surface area contributed by atoms with Crippen molar-refractivity contribution in [2.45, 2.75) is 52.5 Å². The number of unbranched alkanes of at least 4 members (excludes halogenated alkanes) is 2. The fourth-order valence-corrected chi connectivity index (χ4v) is 2.05. The maximum atomic E-state index is 12.1. The normalized spacial score (nSPS) is 12.0. The lowest BCUT2D eigenvalue weighted by atomic mass is 10.1. The third kappa shape index (κ3) is 4.91. The summed E-state index contributed by atoms with van der Waals surface area (Å²) in [5, 5.41) is 3.03. The van der Waals surface area contributed by atoms with E-state index in [2.05, 4.69) is 24.6 Å². The van der Waals surface area contributed by atoms with Gasteiger partial charge in [-0.05, 0) is 44.0 Å². The topological polar surface area (TPSA) is 67.2 Å². The van der Waals surface area contributed by atoms with Gasteiger partial charge in [0.2, 0.25) is 0 Å². The number of nitrogens with two attached hydrogens (primary N) is 1. The van der Waals surface area contributed by atoms with Gasteiger partial charge in [0.05, 0.1) is 5.69 Å². The highest BCUT2D eigenvalue weighted by Gasteiger charge is 2.10. The molecule has 0 saturated heterocycles. The molecule has 1 aromatic carbocycles. The SMILES string of the molecule is CCCCCC(C)NC(=O)c1ccc(NN)c(C)c1. The second-order valence-corrected chi connectivity index (χ2v) is 5.04. The van der Waals surface area contributed by atoms with Crippen molar-refractivity contribution in [3.05, 3.63) is 29.3 Å². The van der Waals surface area contributed by atoms with E-state index in [-0.39, 0.29) is 11.9 Å². The zero-order valence-electron chi connectivity index (χ0n) is 12.1. The van der Waals surface area contributed by atoms with Gasteiger partial charge in [-0.25, -0.2) is 0 Å². The molecule has 4 N–H and O–H groups in total. The first-order valence-corrected chi connectivity index (χ1v) is 6.96. The fraction of sp³-hybridized carbons (Fsp3) is 0.533. The van der Waals surface area contributed by atoms with E-state index in [1.54, 1.807) is 6.07 Å². The molecule has 1 unspecified atom stereocenters. The van der Waals surface area contributed by atoms with E-state index in [4.69, 9.17) is 5.84 Å². The second kappa shape index (κ2) is 7.79. The number of carbonyl (C=O) groups excluding carboxylic acids is 1. The van der Waals surface area contributed by atoms with E-state index < -0.39 is 0 Å². The van der Waals surface area contributed by atoms with Crippen LogP contribution in [-0.2, 0) is 0 Å². The predicted octanol–water partition coefficient (Wildman–Crippen LogP) is 2.98. The predicted molar refractivity (Wildman–Crippen MR) is 80.1 cm³/mol. The largest absolute Gasteiger partial charge is 0.350 e. The number of benzene rings is 1. The van der Waals surface area contributed by atoms with Gasteiger partial charge in [0.15, 0.2) is 0 Å². The van der Waals surface area contributed by atoms with Gasteiger partial charge >= 0.3 is 0 Å². The highest BCUT2D eigenvalue weighted by Crippen LogP contribution is 2.15. The molecule has 19 heavy (non-hydrogen) atoms. The highest BCUT2D eigenvalue weighted by molar-refractivity contribution is 5.95. The van der Waals surface area contributed by atoms with Gasteiger partial charge in [-0.15, -0.1) is 0 Å². The molecular weight excluding hydrogens is 238 g/mol. The molecule has 1 rings (SSSR count). The summed E-state index contributed by atoms with van der Waals surface area (Å²) >= 11 is 0. The minimum Gasteiger partial charge on any atom is -0.350 e. The first-order valence-electron chi connectivity index (χ1n) is 6.96. The molecule has 0 heterocycles. The van der Waals surface area contributed by atoms with Gasteiger partial charge in [-0.2, -0.15) is 0 Å². The summed E-state index contributed by atoms with van der Waals surface area (Å²) in [7, 11) is 0. The van der Waals surface area contributed by atoms with Crippen molar-refractivity contribution >= 4 is 11.6 Å². The molecule has 1 atom stereocenters. The van der Waals surface area contributed by atoms with Crippen LogP contribution in [0.15, 0.2) is 18.2 Å². The number of nitrogen functional groups attached to an aromatic ring is 1. The average Bonchev–Trinajstić information content (AvgIpc) is 2.38. The Morgan fingerprint density at radius 1 is 1.37 bits per heavy atom. The van der Waals surface area contributed by atoms with Gasteiger partial charge in [0.1, 0.15) is 0 Å². The number of amides is 1. The quantitative estimate of drug-likeness (QED) is 0.402. The number of carbonyl (C=O) groups is 1. The van der Waals surface area contributed by atoms with Gasteiger partial charge < -0.3 is 10.7 Å². The first kappa shape index (κ1) is 15.5. The van der Waals surface area contributed by atoms with Crippen LogP contribution in [0.1, 0.15) is 55.5 Å². The smallest absolute Gasteiger partial charge is 0.251 e. The second-order valence-electron chi connectivity index (χ2n) is 5.04. The lowest BCUT2D eigenvalue weighted by Gasteiger charge is -2.14. The van der Waals surface area contributed by atoms with E-state index in [0.29, 0.717) is 5.56 Å². The van der Waals surface area contributed by atoms with Gasteiger partial charge in [0, 0.05) is 11.6 Å². The maximum Gasteiger partial charge on any atom is 0.251 e. The van der Waals surface area contributed by atoms with E-state index in [1.807, 2.05) is 19.1 Å². The van der Waals surface area contributed by atoms with Crippen molar-refractivity contribution in [2.75, 3.05) is 5.43 Å². The van der Waals surface area contributed by atoms with Gasteiger partial charge in [-0.1, -0.05) is 26.2 Å². The summed E-state index contributed by atoms with van der Waals surface area (Å²) < 4.78 is 0. The van der Waals surface area contributed by atoms with E-state index in [9.17, 15) is 4.79 Å². The van der Waals surface area contributed by atoms with Crippen LogP contribution < -0.4 is 16.6 Å². The zero-order valence-corrected chi connectivity index (χ0v) is 12.1. The van der Waals surface area contributed by atoms with Crippen molar-refractivity contribution in [1.82, 2.24) is 5.32 Å². The molecular formula is C15H25N3O. The van der Waals surface area contributed by atoms with Crippen LogP contribution in [-0.4, -0.2) is 11.9 Å². The van der Waals surface area contributed by atoms with Crippen LogP contribution in [0.5, 0.6) is 0 Å². The van der Waals surface area contributed by atoms with Crippen molar-refractivity contribution in [3.8, 4) is 0 Å². The molecule has 0 spiro atoms. The summed E-state index contributed by atoms with van der Waals surface area (Å²) in [6.07, 6.45) is 4.61. The molecule has 4 nitrogen and oxygen atoms in total. The zero-order chi connectivity index (χ0) is 14.3. The summed E-state index contributed by atoms with van der Waals surface area (Å²) in [4.78, 5) is 12.1. The molecule has 0 aliphatic carbocycles. The summed E-state index contributed by atoms with van der Waals surface area (Å²) in [6, 6.07) is 5.68. The molecule has 0 aliphatic heterocycles. The van der Waals surface area contributed by atoms with Crippen LogP contribution in [0.3, 0.4) is 0 Å². The molecule has 1 aromatic rings. The molecule has 0 aliphatic rings. The molecule has 0 radical (unpaired) electrons. The van der Waals surface area contributed by atoms with Crippen molar-refractivity contribution < 1.29 is 4.79 Å². The summed E-state index contributed by atoms with van der Waals surface area (Å²) in [6.45, 7) is 6.16. The van der Waals surface area contributed by atoms with E-state index in [0.717, 1.165) is 24.1 Å². The Morgan fingerprint density at radius 3 is 2.68 bits per heavy atom. The maximum absolute atomic E-state index is 12.1. The van der Waals surface area contributed by atoms with Crippen LogP contribution >= 0.6 is 0 Å². The molecule has 4 heteroatoms. The number of aryl methyl sites for hydroxylation is 1. The number of rotatable bonds is 7. The Bertz CT molecular complexity index is 418. The van der Waals surface area contributed by atoms with E-state index in [1.165, 1.54) is 12.8 Å². The van der Waals surface area contributed by atoms with Crippen LogP contribution in [0.4, 0.5) is 5.69 Å². The molecule has 0 fully saturated rings. The summed E-state index contributed by atoms with van der Waals surface area (Å²) in [5.74, 6) is 5.36. The first-order chi connectivity index (χ1) is 9.08. The Hall–Kier alpha value is -1.55. The van der Waals surface area contributed by atoms with E-state index >= 15 is 0 Å². The molecule has 0 bridgehead atoms. The highest BCUT2D eigenvalue weighted by atomic mass is 16.1. The standard InChI is InChI=1S/C15H25N3O/c1-4-5-6-7-12(3)17-15(19)13-8-9-14(18-16)11(2)10-13/h8-10,12,18H,4-7,16H2,1-3H3,(H,17,19). The minimum atomic E-state index is -0.0179. The molecule has 0 aromatic heterocycles. The van der Waals surface area contributed by atoms with Gasteiger partial charge in [0.25, 0.3) is 5.91 Å². The third-order valence-corrected chi connectivity index (χ3v) is 3.26. The van der Waals surface area contributed by atoms with Crippen molar-refractivity contribution in [2.24, 2.45) is 5.84 Å². The molecule has 0 saturated carbocycles. The third-order valence-electron chi connectivity index (χ3n) is 3.26. The Labute approximate surface area is 115 Å². The number of hydrogen-bond acceptors (Lipinski definition) is 3. The van der Waals surface area contributed by atoms with Crippen LogP contribution in [0, 0.1) is 6.92 Å². The van der Waals surface area contributed by atoms with Crippen LogP contribution in [0.2, 0.25) is 0 Å². The number of anilines is 1. The van der Waals surface area contributed by atoms with Crippen molar-refractivity contribution in [1.29, 1.82) is 0 Å². The minimum absolute atomic E-state index is 0.0179. The lowest BCUT2D eigenvalue weighted by Crippen LogP contribution is -2.32. The van der Waals surface area contributed by atoms with Crippen molar-refractivity contribution in [3.63, 3.8) is 0 Å². The van der Waals surface area contributed by atoms with Crippen LogP contribution in [0.25, 0.3) is 0 Å². The van der Waals surface area contributed by atoms with Gasteiger partial charge in [-0.3, -0.25) is 10.6 Å². The Morgan fingerprint density at radius 2 is 2.11 bits per heavy atom. The average molecular weight is 263 g/mol. The Balaban J connectivity index is 2.55. The number of nitrogens with one attached hydrogen (secondary N) is 2. The molecule has 1 amide bonds. The summed E-state index contributed by atoms with van der Waals surface area (Å²) in [5.41, 5.74) is 5.09. The monoisotopic (exact) mass is 263 g/mol. The Kier molecular flexibility index (Phi) is 6.36. The fourth-order valence-electron chi connectivity index (χ4n) is 2.05. The lowest BCUT2D eigenvalue weighted by molar-refractivity contribution is 0.0938.